The maximum Gasteiger partial charge on any atom is 0.198 e. The summed E-state index contributed by atoms with van der Waals surface area (Å²) in [5.74, 6) is 0.790. The number of ketones is 2. The Balaban J connectivity index is 1.35. The minimum absolute atomic E-state index is 0.209. The van der Waals surface area contributed by atoms with Gasteiger partial charge in [-0.05, 0) is 89.7 Å². The number of allylic oxidation sites excluding steroid dienone is 6. The van der Waals surface area contributed by atoms with E-state index in [9.17, 15) is 9.59 Å². The summed E-state index contributed by atoms with van der Waals surface area (Å²) < 4.78 is 5.91. The van der Waals surface area contributed by atoms with Crippen molar-refractivity contribution in [3.8, 4) is 0 Å². The molecule has 3 aliphatic rings. The maximum absolute atomic E-state index is 13.3. The van der Waals surface area contributed by atoms with Crippen molar-refractivity contribution in [2.75, 3.05) is 18.5 Å². The number of Topliss-reactive ketones (excluding diaryl/α,β-unsaturated/α-hetero) is 2. The van der Waals surface area contributed by atoms with Gasteiger partial charge in [-0.1, -0.05) is 36.4 Å². The summed E-state index contributed by atoms with van der Waals surface area (Å²) in [6.07, 6.45) is 9.71. The van der Waals surface area contributed by atoms with Gasteiger partial charge in [-0.3, -0.25) is 9.59 Å². The number of hydrogen-bond acceptors (Lipinski definition) is 4. The highest BCUT2D eigenvalue weighted by Gasteiger charge is 2.35. The average molecular weight is 460 g/mol. The van der Waals surface area contributed by atoms with Crippen LogP contribution >= 0.6 is 0 Å². The van der Waals surface area contributed by atoms with Crippen molar-refractivity contribution in [2.45, 2.75) is 19.8 Å². The van der Waals surface area contributed by atoms with E-state index in [2.05, 4.69) is 30.1 Å². The Hall–Kier alpha value is -4.18. The number of aryl methyl sites for hydroxylation is 1. The van der Waals surface area contributed by atoms with E-state index < -0.39 is 0 Å². The molecule has 0 aromatic heterocycles. The molecular formula is C31H25NO3. The molecule has 1 aliphatic carbocycles. The van der Waals surface area contributed by atoms with Gasteiger partial charge in [0.2, 0.25) is 0 Å². The highest BCUT2D eigenvalue weighted by Crippen LogP contribution is 2.35. The number of rotatable bonds is 2. The predicted molar refractivity (Wildman–Crippen MR) is 140 cm³/mol. The molecule has 35 heavy (non-hydrogen) atoms. The lowest BCUT2D eigenvalue weighted by atomic mass is 9.99. The van der Waals surface area contributed by atoms with Crippen LogP contribution in [0.3, 0.4) is 0 Å². The van der Waals surface area contributed by atoms with Crippen LogP contribution in [0.5, 0.6) is 0 Å². The van der Waals surface area contributed by atoms with E-state index in [-0.39, 0.29) is 17.1 Å². The lowest BCUT2D eigenvalue weighted by molar-refractivity contribution is 0.0988. The lowest BCUT2D eigenvalue weighted by Crippen LogP contribution is -2.24. The van der Waals surface area contributed by atoms with E-state index in [4.69, 9.17) is 4.74 Å². The summed E-state index contributed by atoms with van der Waals surface area (Å²) in [6.45, 7) is 2.92. The standard InChI is InChI=1S/C31H25NO3/c1-19-14-24(29-30(33)26-17-21-6-3-4-7-22(21)18-27(26)31(29)34)16-25(35-19)11-9-20-10-12-28-23(15-20)8-5-13-32(28)2/h3-4,6-7,9-12,14-18H,5,8,13H2,1-2H3/b11-9+. The molecule has 6 rings (SSSR count). The molecule has 0 N–H and O–H groups in total. The molecule has 0 saturated carbocycles. The zero-order valence-corrected chi connectivity index (χ0v) is 19.8. The molecule has 3 aromatic rings. The molecule has 2 heterocycles. The molecule has 0 amide bonds. The van der Waals surface area contributed by atoms with E-state index in [1.165, 1.54) is 11.3 Å². The van der Waals surface area contributed by atoms with Crippen LogP contribution < -0.4 is 4.90 Å². The monoisotopic (exact) mass is 459 g/mol. The minimum atomic E-state index is -0.227. The van der Waals surface area contributed by atoms with Gasteiger partial charge in [0, 0.05) is 30.4 Å². The van der Waals surface area contributed by atoms with Gasteiger partial charge in [-0.25, -0.2) is 0 Å². The Labute approximate surface area is 204 Å². The number of carbonyl (C=O) groups excluding carboxylic acids is 2. The number of benzene rings is 3. The smallest absolute Gasteiger partial charge is 0.198 e. The first-order valence-electron chi connectivity index (χ1n) is 11.9. The predicted octanol–water partition coefficient (Wildman–Crippen LogP) is 6.43. The molecule has 0 atom stereocenters. The third kappa shape index (κ3) is 3.71. The first kappa shape index (κ1) is 21.4. The van der Waals surface area contributed by atoms with Gasteiger partial charge < -0.3 is 9.64 Å². The third-order valence-electron chi connectivity index (χ3n) is 6.95. The van der Waals surface area contributed by atoms with Gasteiger partial charge in [0.05, 0.1) is 5.57 Å². The van der Waals surface area contributed by atoms with Crippen LogP contribution in [-0.2, 0) is 11.2 Å². The minimum Gasteiger partial charge on any atom is -0.462 e. The van der Waals surface area contributed by atoms with Crippen molar-refractivity contribution in [2.24, 2.45) is 0 Å². The first-order chi connectivity index (χ1) is 17.0. The molecule has 0 bridgehead atoms. The van der Waals surface area contributed by atoms with Gasteiger partial charge in [0.1, 0.15) is 11.5 Å². The Morgan fingerprint density at radius 1 is 0.886 bits per heavy atom. The summed E-state index contributed by atoms with van der Waals surface area (Å²) >= 11 is 0. The number of ether oxygens (including phenoxy) is 1. The van der Waals surface area contributed by atoms with Gasteiger partial charge in [0.25, 0.3) is 0 Å². The molecule has 0 spiro atoms. The van der Waals surface area contributed by atoms with Gasteiger partial charge in [-0.15, -0.1) is 0 Å². The second-order valence-electron chi connectivity index (χ2n) is 9.38. The number of fused-ring (bicyclic) bond motifs is 3. The van der Waals surface area contributed by atoms with Crippen molar-refractivity contribution in [1.82, 2.24) is 0 Å². The van der Waals surface area contributed by atoms with Crippen LogP contribution in [0.4, 0.5) is 5.69 Å². The Morgan fingerprint density at radius 3 is 2.31 bits per heavy atom. The molecule has 0 unspecified atom stereocenters. The molecular weight excluding hydrogens is 434 g/mol. The van der Waals surface area contributed by atoms with Gasteiger partial charge >= 0.3 is 0 Å². The molecule has 172 valence electrons. The van der Waals surface area contributed by atoms with E-state index in [0.717, 1.165) is 35.7 Å². The SMILES string of the molecule is CC1=CC(=C2C(=O)c3cc4ccccc4cc3C2=O)C=C(/C=C/c2ccc3c(c2)CCCN3C)O1. The quantitative estimate of drug-likeness (QED) is 0.327. The third-order valence-corrected chi connectivity index (χ3v) is 6.95. The van der Waals surface area contributed by atoms with Crippen LogP contribution in [0.2, 0.25) is 0 Å². The van der Waals surface area contributed by atoms with Crippen LogP contribution in [0, 0.1) is 0 Å². The van der Waals surface area contributed by atoms with Crippen LogP contribution in [0.15, 0.2) is 95.5 Å². The van der Waals surface area contributed by atoms with Crippen molar-refractivity contribution in [3.63, 3.8) is 0 Å². The maximum atomic E-state index is 13.3. The molecule has 2 aliphatic heterocycles. The molecule has 4 heteroatoms. The van der Waals surface area contributed by atoms with Crippen molar-refractivity contribution < 1.29 is 14.3 Å². The topological polar surface area (TPSA) is 46.6 Å². The normalized spacial score (nSPS) is 17.5. The summed E-state index contributed by atoms with van der Waals surface area (Å²) in [6, 6.07) is 17.9. The molecule has 0 fully saturated rings. The van der Waals surface area contributed by atoms with Crippen molar-refractivity contribution in [3.05, 3.63) is 118 Å². The van der Waals surface area contributed by atoms with Gasteiger partial charge in [0.15, 0.2) is 11.6 Å². The zero-order valence-electron chi connectivity index (χ0n) is 19.8. The summed E-state index contributed by atoms with van der Waals surface area (Å²) in [7, 11) is 2.13. The van der Waals surface area contributed by atoms with Crippen molar-refractivity contribution in [1.29, 1.82) is 0 Å². The van der Waals surface area contributed by atoms with Crippen LogP contribution in [-0.4, -0.2) is 25.2 Å². The Bertz CT molecular complexity index is 1490. The fourth-order valence-corrected chi connectivity index (χ4v) is 5.22. The number of carbonyl (C=O) groups is 2. The summed E-state index contributed by atoms with van der Waals surface area (Å²) in [5, 5.41) is 1.90. The van der Waals surface area contributed by atoms with Crippen LogP contribution in [0.1, 0.15) is 45.2 Å². The van der Waals surface area contributed by atoms with E-state index in [1.807, 2.05) is 55.5 Å². The number of hydrogen-bond donors (Lipinski definition) is 0. The summed E-state index contributed by atoms with van der Waals surface area (Å²) in [4.78, 5) is 28.9. The van der Waals surface area contributed by atoms with Gasteiger partial charge in [-0.2, -0.15) is 0 Å². The van der Waals surface area contributed by atoms with E-state index in [1.54, 1.807) is 12.2 Å². The average Bonchev–Trinajstić information content (AvgIpc) is 3.10. The lowest BCUT2D eigenvalue weighted by Gasteiger charge is -2.27. The van der Waals surface area contributed by atoms with Crippen LogP contribution in [0.25, 0.3) is 16.8 Å². The second kappa shape index (κ2) is 8.24. The highest BCUT2D eigenvalue weighted by atomic mass is 16.5. The number of nitrogens with zero attached hydrogens (tertiary/aromatic N) is 1. The second-order valence-corrected chi connectivity index (χ2v) is 9.38. The molecule has 3 aromatic carbocycles. The fraction of sp³-hybridized carbons (Fsp3) is 0.161. The first-order valence-corrected chi connectivity index (χ1v) is 11.9. The zero-order chi connectivity index (χ0) is 24.1. The number of anilines is 1. The highest BCUT2D eigenvalue weighted by molar-refractivity contribution is 6.41. The van der Waals surface area contributed by atoms with E-state index >= 15 is 0 Å². The molecule has 4 nitrogen and oxygen atoms in total. The fourth-order valence-electron chi connectivity index (χ4n) is 5.22. The van der Waals surface area contributed by atoms with E-state index in [0.29, 0.717) is 28.2 Å². The Morgan fingerprint density at radius 2 is 1.60 bits per heavy atom. The largest absolute Gasteiger partial charge is 0.462 e. The Kier molecular flexibility index (Phi) is 5.03. The summed E-state index contributed by atoms with van der Waals surface area (Å²) in [5.41, 5.74) is 5.48. The molecule has 0 radical (unpaired) electrons. The molecule has 0 saturated heterocycles. The van der Waals surface area contributed by atoms with Crippen molar-refractivity contribution >= 4 is 34.1 Å².